The number of nitrogens with zero attached hydrogens (tertiary/aromatic N) is 2. The van der Waals surface area contributed by atoms with Crippen molar-refractivity contribution >= 4 is 17.7 Å². The molecular weight excluding hydrogens is 299 g/mol. The van der Waals surface area contributed by atoms with Crippen molar-refractivity contribution in [2.75, 3.05) is 18.8 Å². The van der Waals surface area contributed by atoms with Crippen molar-refractivity contribution in [1.82, 2.24) is 9.88 Å². The minimum atomic E-state index is -0.471. The molecular formula is C17H17FN2OS. The monoisotopic (exact) mass is 316 g/mol. The van der Waals surface area contributed by atoms with E-state index in [0.717, 1.165) is 31.5 Å². The Bertz CT molecular complexity index is 650. The first kappa shape index (κ1) is 15.0. The van der Waals surface area contributed by atoms with Gasteiger partial charge >= 0.3 is 0 Å². The first-order valence-corrected chi connectivity index (χ1v) is 8.28. The summed E-state index contributed by atoms with van der Waals surface area (Å²) >= 11 is 1.82. The Balaban J connectivity index is 1.55. The number of aromatic nitrogens is 1. The van der Waals surface area contributed by atoms with Gasteiger partial charge in [-0.05, 0) is 30.5 Å². The van der Waals surface area contributed by atoms with Crippen LogP contribution in [0, 0.1) is 11.7 Å². The molecule has 1 atom stereocenters. The van der Waals surface area contributed by atoms with Gasteiger partial charge in [0.2, 0.25) is 0 Å². The van der Waals surface area contributed by atoms with Crippen LogP contribution in [-0.4, -0.2) is 34.6 Å². The highest BCUT2D eigenvalue weighted by molar-refractivity contribution is 7.99. The second kappa shape index (κ2) is 6.92. The minimum Gasteiger partial charge on any atom is -0.338 e. The summed E-state index contributed by atoms with van der Waals surface area (Å²) in [4.78, 5) is 19.1. The van der Waals surface area contributed by atoms with E-state index in [1.165, 1.54) is 17.2 Å². The smallest absolute Gasteiger partial charge is 0.255 e. The van der Waals surface area contributed by atoms with Gasteiger partial charge in [0, 0.05) is 29.9 Å². The van der Waals surface area contributed by atoms with Crippen molar-refractivity contribution in [3.63, 3.8) is 0 Å². The third-order valence-corrected chi connectivity index (χ3v) is 5.00. The van der Waals surface area contributed by atoms with Crippen LogP contribution in [0.2, 0.25) is 0 Å². The average Bonchev–Trinajstić information content (AvgIpc) is 3.02. The Morgan fingerprint density at radius 2 is 2.14 bits per heavy atom. The van der Waals surface area contributed by atoms with Gasteiger partial charge in [-0.1, -0.05) is 18.2 Å². The molecule has 1 aliphatic heterocycles. The predicted molar refractivity (Wildman–Crippen MR) is 85.4 cm³/mol. The molecule has 0 radical (unpaired) electrons. The molecule has 2 aromatic rings. The summed E-state index contributed by atoms with van der Waals surface area (Å²) in [5.41, 5.74) is 0.330. The van der Waals surface area contributed by atoms with E-state index in [1.54, 1.807) is 4.90 Å². The molecule has 0 aliphatic carbocycles. The van der Waals surface area contributed by atoms with Crippen LogP contribution in [-0.2, 0) is 0 Å². The number of carbonyl (C=O) groups excluding carboxylic acids is 1. The van der Waals surface area contributed by atoms with E-state index >= 15 is 0 Å². The topological polar surface area (TPSA) is 33.2 Å². The number of benzene rings is 1. The molecule has 3 nitrogen and oxygen atoms in total. The van der Waals surface area contributed by atoms with Crippen molar-refractivity contribution in [3.05, 3.63) is 60.2 Å². The Hall–Kier alpha value is -1.88. The molecule has 0 spiro atoms. The molecule has 1 fully saturated rings. The van der Waals surface area contributed by atoms with Crippen molar-refractivity contribution < 1.29 is 9.18 Å². The normalized spacial score (nSPS) is 17.7. The lowest BCUT2D eigenvalue weighted by Gasteiger charge is -2.16. The standard InChI is InChI=1S/C17H17FN2OS/c18-15-8-14(9-19-10-15)17(21)20-7-6-13(11-20)12-22-16-4-2-1-3-5-16/h1-5,8-10,13H,6-7,11-12H2/t13-/m0/s1. The summed E-state index contributed by atoms with van der Waals surface area (Å²) in [6.45, 7) is 1.46. The lowest BCUT2D eigenvalue weighted by molar-refractivity contribution is 0.0787. The van der Waals surface area contributed by atoms with E-state index in [-0.39, 0.29) is 5.91 Å². The number of thioether (sulfide) groups is 1. The summed E-state index contributed by atoms with van der Waals surface area (Å²) < 4.78 is 13.2. The molecule has 1 saturated heterocycles. The highest BCUT2D eigenvalue weighted by Crippen LogP contribution is 2.26. The number of pyridine rings is 1. The van der Waals surface area contributed by atoms with Crippen molar-refractivity contribution in [1.29, 1.82) is 0 Å². The number of likely N-dealkylation sites (tertiary alicyclic amines) is 1. The van der Waals surface area contributed by atoms with Gasteiger partial charge in [0.15, 0.2) is 0 Å². The molecule has 1 aromatic carbocycles. The van der Waals surface area contributed by atoms with Gasteiger partial charge in [0.1, 0.15) is 5.82 Å². The molecule has 0 saturated carbocycles. The molecule has 2 heterocycles. The molecule has 1 amide bonds. The molecule has 1 aromatic heterocycles. The molecule has 5 heteroatoms. The zero-order chi connectivity index (χ0) is 15.4. The summed E-state index contributed by atoms with van der Waals surface area (Å²) in [7, 11) is 0. The van der Waals surface area contributed by atoms with Crippen LogP contribution in [0.5, 0.6) is 0 Å². The zero-order valence-electron chi connectivity index (χ0n) is 12.1. The lowest BCUT2D eigenvalue weighted by atomic mass is 10.2. The van der Waals surface area contributed by atoms with Crippen LogP contribution in [0.25, 0.3) is 0 Å². The first-order valence-electron chi connectivity index (χ1n) is 7.30. The van der Waals surface area contributed by atoms with Crippen LogP contribution >= 0.6 is 11.8 Å². The predicted octanol–water partition coefficient (Wildman–Crippen LogP) is 3.48. The van der Waals surface area contributed by atoms with E-state index in [0.29, 0.717) is 11.5 Å². The van der Waals surface area contributed by atoms with Gasteiger partial charge in [0.25, 0.3) is 5.91 Å². The first-order chi connectivity index (χ1) is 10.7. The number of rotatable bonds is 4. The largest absolute Gasteiger partial charge is 0.338 e. The average molecular weight is 316 g/mol. The van der Waals surface area contributed by atoms with E-state index in [1.807, 2.05) is 30.0 Å². The molecule has 0 N–H and O–H groups in total. The van der Waals surface area contributed by atoms with E-state index < -0.39 is 5.82 Å². The van der Waals surface area contributed by atoms with Crippen LogP contribution in [0.4, 0.5) is 4.39 Å². The molecule has 22 heavy (non-hydrogen) atoms. The SMILES string of the molecule is O=C(c1cncc(F)c1)N1CC[C@H](CSc2ccccc2)C1. The van der Waals surface area contributed by atoms with Crippen LogP contribution in [0.15, 0.2) is 53.7 Å². The highest BCUT2D eigenvalue weighted by Gasteiger charge is 2.27. The highest BCUT2D eigenvalue weighted by atomic mass is 32.2. The Morgan fingerprint density at radius 3 is 2.91 bits per heavy atom. The summed E-state index contributed by atoms with van der Waals surface area (Å²) in [6, 6.07) is 11.5. The van der Waals surface area contributed by atoms with Gasteiger partial charge < -0.3 is 4.90 Å². The third kappa shape index (κ3) is 3.65. The second-order valence-corrected chi connectivity index (χ2v) is 6.52. The number of halogens is 1. The summed E-state index contributed by atoms with van der Waals surface area (Å²) in [5, 5.41) is 0. The zero-order valence-corrected chi connectivity index (χ0v) is 12.9. The van der Waals surface area contributed by atoms with Gasteiger partial charge in [-0.2, -0.15) is 0 Å². The van der Waals surface area contributed by atoms with Crippen molar-refractivity contribution in [2.24, 2.45) is 5.92 Å². The molecule has 114 valence electrons. The van der Waals surface area contributed by atoms with Crippen LogP contribution < -0.4 is 0 Å². The molecule has 1 aliphatic rings. The number of hydrogen-bond acceptors (Lipinski definition) is 3. The van der Waals surface area contributed by atoms with E-state index in [2.05, 4.69) is 17.1 Å². The number of amides is 1. The fourth-order valence-electron chi connectivity index (χ4n) is 2.60. The van der Waals surface area contributed by atoms with Gasteiger partial charge in [-0.3, -0.25) is 9.78 Å². The van der Waals surface area contributed by atoms with E-state index in [4.69, 9.17) is 0 Å². The second-order valence-electron chi connectivity index (χ2n) is 5.42. The lowest BCUT2D eigenvalue weighted by Crippen LogP contribution is -2.29. The van der Waals surface area contributed by atoms with Gasteiger partial charge in [-0.25, -0.2) is 4.39 Å². The Kier molecular flexibility index (Phi) is 4.73. The minimum absolute atomic E-state index is 0.126. The number of carbonyl (C=O) groups is 1. The molecule has 3 rings (SSSR count). The maximum absolute atomic E-state index is 13.2. The quantitative estimate of drug-likeness (QED) is 0.810. The van der Waals surface area contributed by atoms with E-state index in [9.17, 15) is 9.18 Å². The molecule has 0 unspecified atom stereocenters. The Morgan fingerprint density at radius 1 is 1.32 bits per heavy atom. The van der Waals surface area contributed by atoms with Crippen molar-refractivity contribution in [2.45, 2.75) is 11.3 Å². The summed E-state index contributed by atoms with van der Waals surface area (Å²) in [5.74, 6) is 0.881. The van der Waals surface area contributed by atoms with Gasteiger partial charge in [0.05, 0.1) is 11.8 Å². The maximum Gasteiger partial charge on any atom is 0.255 e. The fraction of sp³-hybridized carbons (Fsp3) is 0.294. The Labute approximate surface area is 133 Å². The summed E-state index contributed by atoms with van der Waals surface area (Å²) in [6.07, 6.45) is 3.53. The van der Waals surface area contributed by atoms with Crippen molar-refractivity contribution in [3.8, 4) is 0 Å². The van der Waals surface area contributed by atoms with Gasteiger partial charge in [-0.15, -0.1) is 11.8 Å². The van der Waals surface area contributed by atoms with Crippen LogP contribution in [0.1, 0.15) is 16.8 Å². The fourth-order valence-corrected chi connectivity index (χ4v) is 3.65. The number of hydrogen-bond donors (Lipinski definition) is 0. The maximum atomic E-state index is 13.2. The third-order valence-electron chi connectivity index (χ3n) is 3.75. The van der Waals surface area contributed by atoms with Crippen LogP contribution in [0.3, 0.4) is 0 Å². The molecule has 0 bridgehead atoms.